The van der Waals surface area contributed by atoms with Crippen molar-refractivity contribution in [3.05, 3.63) is 41.5 Å². The number of pyridine rings is 1. The van der Waals surface area contributed by atoms with Gasteiger partial charge < -0.3 is 24.9 Å². The summed E-state index contributed by atoms with van der Waals surface area (Å²) in [6, 6.07) is 9.34. The number of aliphatic hydroxyl groups excluding tert-OH is 1. The maximum Gasteiger partial charge on any atom is 0.258 e. The smallest absolute Gasteiger partial charge is 0.258 e. The van der Waals surface area contributed by atoms with Crippen LogP contribution in [0.2, 0.25) is 0 Å². The molecule has 1 aromatic carbocycles. The second kappa shape index (κ2) is 10.6. The Kier molecular flexibility index (Phi) is 7.49. The lowest BCUT2D eigenvalue weighted by Crippen LogP contribution is -2.40. The molecule has 37 heavy (non-hydrogen) atoms. The molecule has 2 aromatic rings. The molecule has 3 fully saturated rings. The normalized spacial score (nSPS) is 20.1. The van der Waals surface area contributed by atoms with E-state index in [2.05, 4.69) is 19.9 Å². The van der Waals surface area contributed by atoms with Crippen molar-refractivity contribution >= 4 is 40.9 Å². The van der Waals surface area contributed by atoms with Crippen molar-refractivity contribution in [2.45, 2.75) is 51.4 Å². The molecule has 3 aliphatic rings. The Morgan fingerprint density at radius 1 is 1.03 bits per heavy atom. The van der Waals surface area contributed by atoms with Crippen molar-refractivity contribution in [3.8, 4) is 0 Å². The molecule has 2 saturated heterocycles. The van der Waals surface area contributed by atoms with Crippen LogP contribution in [0.15, 0.2) is 30.3 Å². The summed E-state index contributed by atoms with van der Waals surface area (Å²) >= 11 is 1.42. The largest absolute Gasteiger partial charge is 0.395 e. The number of amides is 1. The second-order valence-corrected chi connectivity index (χ2v) is 11.4. The lowest BCUT2D eigenvalue weighted by molar-refractivity contribution is -0.0221. The van der Waals surface area contributed by atoms with Gasteiger partial charge in [0.15, 0.2) is 0 Å². The van der Waals surface area contributed by atoms with E-state index in [1.165, 1.54) is 24.8 Å². The number of aryl methyl sites for hydroxylation is 1. The summed E-state index contributed by atoms with van der Waals surface area (Å²) in [4.78, 5) is 22.3. The lowest BCUT2D eigenvalue weighted by Gasteiger charge is -2.35. The molecule has 200 valence electrons. The molecule has 3 heterocycles. The Labute approximate surface area is 221 Å². The van der Waals surface area contributed by atoms with Gasteiger partial charge >= 0.3 is 0 Å². The average molecular weight is 532 g/mol. The zero-order valence-corrected chi connectivity index (χ0v) is 22.0. The van der Waals surface area contributed by atoms with E-state index in [4.69, 9.17) is 5.11 Å². The molecule has 1 spiro atoms. The standard InChI is InChI=1S/C27H35F2N5O2S/c1-19-2-5-23(30-24(19)34-14-10-27(28,29)11-15-34)31-25(36)21-4-3-20(32-37-17-16-35)18-22(21)33-12-8-26(6-7-26)9-13-33/h2-5,18,32,35H,6-17H2,1H3,(H,30,31,36). The Bertz CT molecular complexity index is 1120. The van der Waals surface area contributed by atoms with Crippen LogP contribution in [0, 0.1) is 12.3 Å². The number of hydrogen-bond acceptors (Lipinski definition) is 7. The first-order chi connectivity index (χ1) is 17.8. The average Bonchev–Trinajstić information content (AvgIpc) is 3.64. The minimum Gasteiger partial charge on any atom is -0.395 e. The van der Waals surface area contributed by atoms with E-state index in [-0.39, 0.29) is 38.4 Å². The van der Waals surface area contributed by atoms with E-state index in [0.717, 1.165) is 42.9 Å². The highest BCUT2D eigenvalue weighted by Crippen LogP contribution is 2.54. The number of carbonyl (C=O) groups is 1. The number of benzene rings is 1. The summed E-state index contributed by atoms with van der Waals surface area (Å²) in [5.41, 5.74) is 3.75. The number of aromatic nitrogens is 1. The van der Waals surface area contributed by atoms with Crippen LogP contribution in [0.3, 0.4) is 0 Å². The molecule has 0 unspecified atom stereocenters. The number of anilines is 4. The quantitative estimate of drug-likeness (QED) is 0.315. The van der Waals surface area contributed by atoms with Gasteiger partial charge in [-0.15, -0.1) is 0 Å². The van der Waals surface area contributed by atoms with Crippen molar-refractivity contribution in [3.63, 3.8) is 0 Å². The summed E-state index contributed by atoms with van der Waals surface area (Å²) in [6.07, 6.45) is 4.52. The van der Waals surface area contributed by atoms with Crippen LogP contribution >= 0.6 is 11.9 Å². The number of rotatable bonds is 8. The molecule has 2 aliphatic heterocycles. The highest BCUT2D eigenvalue weighted by Gasteiger charge is 2.44. The third-order valence-corrected chi connectivity index (χ3v) is 8.62. The minimum absolute atomic E-state index is 0.0879. The van der Waals surface area contributed by atoms with E-state index in [1.807, 2.05) is 36.1 Å². The zero-order chi connectivity index (χ0) is 26.0. The topological polar surface area (TPSA) is 80.7 Å². The molecule has 0 atom stereocenters. The fourth-order valence-electron chi connectivity index (χ4n) is 5.26. The third-order valence-electron chi connectivity index (χ3n) is 7.85. The number of halogens is 2. The molecule has 0 radical (unpaired) electrons. The summed E-state index contributed by atoms with van der Waals surface area (Å²) in [5, 5.41) is 12.0. The molecule has 5 rings (SSSR count). The summed E-state index contributed by atoms with van der Waals surface area (Å²) in [5.74, 6) is -1.26. The SMILES string of the molecule is Cc1ccc(NC(=O)c2ccc(NSCCO)cc2N2CCC3(CC2)CC3)nc1N1CCC(F)(F)CC1. The number of carbonyl (C=O) groups excluding carboxylic acids is 1. The number of alkyl halides is 2. The maximum absolute atomic E-state index is 13.7. The van der Waals surface area contributed by atoms with Crippen LogP contribution in [0.5, 0.6) is 0 Å². The van der Waals surface area contributed by atoms with Crippen molar-refractivity contribution in [2.24, 2.45) is 5.41 Å². The number of piperidine rings is 2. The first-order valence-electron chi connectivity index (χ1n) is 13.1. The highest BCUT2D eigenvalue weighted by molar-refractivity contribution is 8.00. The number of nitrogens with zero attached hydrogens (tertiary/aromatic N) is 3. The fraction of sp³-hybridized carbons (Fsp3) is 0.556. The maximum atomic E-state index is 13.7. The van der Waals surface area contributed by atoms with Gasteiger partial charge in [0.1, 0.15) is 11.6 Å². The first-order valence-corrected chi connectivity index (χ1v) is 14.1. The Hall–Kier alpha value is -2.59. The Balaban J connectivity index is 1.34. The van der Waals surface area contributed by atoms with E-state index in [1.54, 1.807) is 6.07 Å². The monoisotopic (exact) mass is 531 g/mol. The van der Waals surface area contributed by atoms with Gasteiger partial charge in [0.05, 0.1) is 17.9 Å². The second-order valence-electron chi connectivity index (χ2n) is 10.5. The Morgan fingerprint density at radius 2 is 1.73 bits per heavy atom. The molecule has 7 nitrogen and oxygen atoms in total. The van der Waals surface area contributed by atoms with Gasteiger partial charge in [-0.3, -0.25) is 4.79 Å². The van der Waals surface area contributed by atoms with Crippen LogP contribution in [-0.4, -0.2) is 60.5 Å². The summed E-state index contributed by atoms with van der Waals surface area (Å²) in [7, 11) is 0. The predicted octanol–water partition coefficient (Wildman–Crippen LogP) is 5.31. The van der Waals surface area contributed by atoms with Gasteiger partial charge in [0, 0.05) is 50.5 Å². The lowest BCUT2D eigenvalue weighted by atomic mass is 9.93. The third kappa shape index (κ3) is 6.12. The van der Waals surface area contributed by atoms with E-state index in [9.17, 15) is 13.6 Å². The fourth-order valence-corrected chi connectivity index (χ4v) is 5.75. The highest BCUT2D eigenvalue weighted by atomic mass is 32.2. The summed E-state index contributed by atoms with van der Waals surface area (Å²) in [6.45, 7) is 4.30. The predicted molar refractivity (Wildman–Crippen MR) is 146 cm³/mol. The van der Waals surface area contributed by atoms with Crippen LogP contribution in [-0.2, 0) is 0 Å². The zero-order valence-electron chi connectivity index (χ0n) is 21.2. The van der Waals surface area contributed by atoms with Gasteiger partial charge in [0.2, 0.25) is 0 Å². The van der Waals surface area contributed by atoms with E-state index in [0.29, 0.717) is 28.4 Å². The van der Waals surface area contributed by atoms with Crippen molar-refractivity contribution in [1.29, 1.82) is 0 Å². The van der Waals surface area contributed by atoms with Gasteiger partial charge in [-0.05, 0) is 67.9 Å². The molecule has 1 saturated carbocycles. The van der Waals surface area contributed by atoms with E-state index < -0.39 is 5.92 Å². The van der Waals surface area contributed by atoms with Gasteiger partial charge in [0.25, 0.3) is 11.8 Å². The van der Waals surface area contributed by atoms with Crippen molar-refractivity contribution in [1.82, 2.24) is 4.98 Å². The van der Waals surface area contributed by atoms with Gasteiger partial charge in [-0.25, -0.2) is 13.8 Å². The Morgan fingerprint density at radius 3 is 2.41 bits per heavy atom. The van der Waals surface area contributed by atoms with Crippen LogP contribution < -0.4 is 19.8 Å². The van der Waals surface area contributed by atoms with Crippen molar-refractivity contribution in [2.75, 3.05) is 58.4 Å². The van der Waals surface area contributed by atoms with E-state index >= 15 is 0 Å². The molecule has 3 N–H and O–H groups in total. The molecule has 1 aliphatic carbocycles. The van der Waals surface area contributed by atoms with Crippen LogP contribution in [0.25, 0.3) is 0 Å². The van der Waals surface area contributed by atoms with Gasteiger partial charge in [-0.2, -0.15) is 0 Å². The number of nitrogens with one attached hydrogen (secondary N) is 2. The van der Waals surface area contributed by atoms with Crippen LogP contribution in [0.1, 0.15) is 54.4 Å². The molecule has 0 bridgehead atoms. The van der Waals surface area contributed by atoms with Gasteiger partial charge in [-0.1, -0.05) is 18.0 Å². The minimum atomic E-state index is -2.63. The molecule has 1 amide bonds. The molecular formula is C27H35F2N5O2S. The summed E-state index contributed by atoms with van der Waals surface area (Å²) < 4.78 is 30.6. The number of hydrogen-bond donors (Lipinski definition) is 3. The first kappa shape index (κ1) is 26.0. The molecular weight excluding hydrogens is 496 g/mol. The molecule has 1 aromatic heterocycles. The number of aliphatic hydroxyl groups is 1. The van der Waals surface area contributed by atoms with Crippen LogP contribution in [0.4, 0.5) is 31.8 Å². The molecule has 10 heteroatoms. The van der Waals surface area contributed by atoms with Crippen molar-refractivity contribution < 1.29 is 18.7 Å².